The molecule has 1 amide bonds. The Morgan fingerprint density at radius 3 is 2.95 bits per heavy atom. The second-order valence-corrected chi connectivity index (χ2v) is 5.16. The Morgan fingerprint density at radius 2 is 2.30 bits per heavy atom. The highest BCUT2D eigenvalue weighted by molar-refractivity contribution is 6.34. The van der Waals surface area contributed by atoms with E-state index in [0.29, 0.717) is 6.54 Å². The minimum atomic E-state index is -0.598. The van der Waals surface area contributed by atoms with Crippen LogP contribution in [0.1, 0.15) is 29.6 Å². The molecule has 1 aromatic carbocycles. The second-order valence-electron chi connectivity index (χ2n) is 4.75. The van der Waals surface area contributed by atoms with Crippen LogP contribution in [0.2, 0.25) is 5.02 Å². The van der Waals surface area contributed by atoms with E-state index in [1.54, 1.807) is 0 Å². The number of rotatable bonds is 4. The van der Waals surface area contributed by atoms with Crippen molar-refractivity contribution in [1.29, 1.82) is 0 Å². The summed E-state index contributed by atoms with van der Waals surface area (Å²) in [6.45, 7) is 1.38. The van der Waals surface area contributed by atoms with Gasteiger partial charge >= 0.3 is 0 Å². The van der Waals surface area contributed by atoms with Crippen LogP contribution in [0.5, 0.6) is 0 Å². The minimum Gasteiger partial charge on any atom is -0.350 e. The number of nitro groups is 1. The van der Waals surface area contributed by atoms with Gasteiger partial charge < -0.3 is 10.6 Å². The normalized spacial score (nSPS) is 18.6. The van der Waals surface area contributed by atoms with E-state index in [0.717, 1.165) is 25.8 Å². The molecule has 1 aliphatic heterocycles. The number of nitro benzene ring substituents is 1. The first kappa shape index (κ1) is 14.7. The lowest BCUT2D eigenvalue weighted by Crippen LogP contribution is -2.43. The van der Waals surface area contributed by atoms with Gasteiger partial charge in [0.25, 0.3) is 11.6 Å². The van der Waals surface area contributed by atoms with Gasteiger partial charge in [-0.3, -0.25) is 14.9 Å². The van der Waals surface area contributed by atoms with Gasteiger partial charge in [-0.15, -0.1) is 0 Å². The molecule has 1 fully saturated rings. The van der Waals surface area contributed by atoms with Crippen molar-refractivity contribution in [2.45, 2.75) is 25.3 Å². The third-order valence-corrected chi connectivity index (χ3v) is 3.65. The van der Waals surface area contributed by atoms with Gasteiger partial charge in [-0.05, 0) is 25.5 Å². The van der Waals surface area contributed by atoms with E-state index >= 15 is 0 Å². The first-order valence-corrected chi connectivity index (χ1v) is 6.92. The van der Waals surface area contributed by atoms with Gasteiger partial charge in [0.2, 0.25) is 0 Å². The van der Waals surface area contributed by atoms with E-state index < -0.39 is 10.8 Å². The molecule has 6 nitrogen and oxygen atoms in total. The molecule has 1 aliphatic rings. The number of halogens is 1. The third-order valence-electron chi connectivity index (χ3n) is 3.34. The van der Waals surface area contributed by atoms with Gasteiger partial charge in [0, 0.05) is 18.7 Å². The number of amides is 1. The van der Waals surface area contributed by atoms with Gasteiger partial charge in [0.05, 0.1) is 9.95 Å². The number of carbonyl (C=O) groups is 1. The standard InChI is InChI=1S/C13H16ClN3O3/c14-10-5-3-6-11(17(19)20)12(10)13(18)16-8-9-4-1-2-7-15-9/h3,5-6,9,15H,1-2,4,7-8H2,(H,16,18). The largest absolute Gasteiger partial charge is 0.350 e. The molecule has 0 aliphatic carbocycles. The van der Waals surface area contributed by atoms with Crippen molar-refractivity contribution in [1.82, 2.24) is 10.6 Å². The fraction of sp³-hybridized carbons (Fsp3) is 0.462. The minimum absolute atomic E-state index is 0.0741. The van der Waals surface area contributed by atoms with Crippen molar-refractivity contribution in [3.05, 3.63) is 38.9 Å². The summed E-state index contributed by atoms with van der Waals surface area (Å²) < 4.78 is 0. The molecule has 0 saturated carbocycles. The first-order chi connectivity index (χ1) is 9.59. The number of piperidine rings is 1. The maximum Gasteiger partial charge on any atom is 0.283 e. The Kier molecular flexibility index (Phi) is 4.92. The lowest BCUT2D eigenvalue weighted by atomic mass is 10.0. The van der Waals surface area contributed by atoms with Gasteiger partial charge in [0.1, 0.15) is 5.56 Å². The molecule has 2 N–H and O–H groups in total. The van der Waals surface area contributed by atoms with Crippen LogP contribution in [-0.4, -0.2) is 30.0 Å². The average molecular weight is 298 g/mol. The highest BCUT2D eigenvalue weighted by Gasteiger charge is 2.24. The second kappa shape index (κ2) is 6.67. The quantitative estimate of drug-likeness (QED) is 0.658. The van der Waals surface area contributed by atoms with Gasteiger partial charge in [-0.1, -0.05) is 24.1 Å². The van der Waals surface area contributed by atoms with E-state index in [9.17, 15) is 14.9 Å². The summed E-state index contributed by atoms with van der Waals surface area (Å²) in [7, 11) is 0. The van der Waals surface area contributed by atoms with E-state index in [1.807, 2.05) is 0 Å². The fourth-order valence-corrected chi connectivity index (χ4v) is 2.55. The molecule has 1 saturated heterocycles. The predicted molar refractivity (Wildman–Crippen MR) is 76.1 cm³/mol. The molecule has 0 bridgehead atoms. The Balaban J connectivity index is 2.06. The molecule has 0 spiro atoms. The smallest absolute Gasteiger partial charge is 0.283 e. The molecule has 0 aromatic heterocycles. The Morgan fingerprint density at radius 1 is 1.50 bits per heavy atom. The van der Waals surface area contributed by atoms with E-state index in [-0.39, 0.29) is 22.3 Å². The monoisotopic (exact) mass is 297 g/mol. The number of benzene rings is 1. The maximum absolute atomic E-state index is 12.1. The van der Waals surface area contributed by atoms with Crippen molar-refractivity contribution in [3.63, 3.8) is 0 Å². The summed E-state index contributed by atoms with van der Waals surface area (Å²) in [5.74, 6) is -0.505. The van der Waals surface area contributed by atoms with Crippen LogP contribution in [0, 0.1) is 10.1 Å². The SMILES string of the molecule is O=C(NCC1CCCCN1)c1c(Cl)cccc1[N+](=O)[O-]. The molecule has 1 atom stereocenters. The van der Waals surface area contributed by atoms with E-state index in [2.05, 4.69) is 10.6 Å². The van der Waals surface area contributed by atoms with Crippen LogP contribution in [0.4, 0.5) is 5.69 Å². The number of hydrogen-bond acceptors (Lipinski definition) is 4. The lowest BCUT2D eigenvalue weighted by molar-refractivity contribution is -0.385. The van der Waals surface area contributed by atoms with Crippen LogP contribution in [0.3, 0.4) is 0 Å². The van der Waals surface area contributed by atoms with Crippen LogP contribution < -0.4 is 10.6 Å². The summed E-state index contributed by atoms with van der Waals surface area (Å²) >= 11 is 5.91. The first-order valence-electron chi connectivity index (χ1n) is 6.54. The Bertz CT molecular complexity index is 516. The summed E-state index contributed by atoms with van der Waals surface area (Å²) in [6.07, 6.45) is 3.26. The predicted octanol–water partition coefficient (Wildman–Crippen LogP) is 2.12. The van der Waals surface area contributed by atoms with Crippen LogP contribution in [0.25, 0.3) is 0 Å². The van der Waals surface area contributed by atoms with Crippen molar-refractivity contribution in [3.8, 4) is 0 Å². The number of nitrogens with zero attached hydrogens (tertiary/aromatic N) is 1. The van der Waals surface area contributed by atoms with Crippen LogP contribution in [-0.2, 0) is 0 Å². The zero-order chi connectivity index (χ0) is 14.5. The van der Waals surface area contributed by atoms with E-state index in [4.69, 9.17) is 11.6 Å². The summed E-state index contributed by atoms with van der Waals surface area (Å²) in [5, 5.41) is 17.0. The van der Waals surface area contributed by atoms with Gasteiger partial charge in [-0.25, -0.2) is 0 Å². The molecular weight excluding hydrogens is 282 g/mol. The van der Waals surface area contributed by atoms with Crippen molar-refractivity contribution in [2.24, 2.45) is 0 Å². The Hall–Kier alpha value is -1.66. The molecule has 1 heterocycles. The van der Waals surface area contributed by atoms with Crippen molar-refractivity contribution >= 4 is 23.2 Å². The van der Waals surface area contributed by atoms with Crippen molar-refractivity contribution in [2.75, 3.05) is 13.1 Å². The van der Waals surface area contributed by atoms with Crippen LogP contribution >= 0.6 is 11.6 Å². The molecular formula is C13H16ClN3O3. The highest BCUT2D eigenvalue weighted by Crippen LogP contribution is 2.25. The molecule has 20 heavy (non-hydrogen) atoms. The lowest BCUT2D eigenvalue weighted by Gasteiger charge is -2.23. The molecule has 0 radical (unpaired) electrons. The number of hydrogen-bond donors (Lipinski definition) is 2. The van der Waals surface area contributed by atoms with Gasteiger partial charge in [-0.2, -0.15) is 0 Å². The summed E-state index contributed by atoms with van der Waals surface area (Å²) in [5.41, 5.74) is -0.346. The zero-order valence-electron chi connectivity index (χ0n) is 10.9. The molecule has 1 unspecified atom stereocenters. The molecule has 108 valence electrons. The number of nitrogens with one attached hydrogen (secondary N) is 2. The molecule has 1 aromatic rings. The maximum atomic E-state index is 12.1. The van der Waals surface area contributed by atoms with Gasteiger partial charge in [0.15, 0.2) is 0 Å². The average Bonchev–Trinajstić information content (AvgIpc) is 2.45. The topological polar surface area (TPSA) is 84.3 Å². The van der Waals surface area contributed by atoms with Crippen molar-refractivity contribution < 1.29 is 9.72 Å². The summed E-state index contributed by atoms with van der Waals surface area (Å²) in [6, 6.07) is 4.43. The van der Waals surface area contributed by atoms with E-state index in [1.165, 1.54) is 18.2 Å². The Labute approximate surface area is 121 Å². The molecule has 7 heteroatoms. The summed E-state index contributed by atoms with van der Waals surface area (Å²) in [4.78, 5) is 22.4. The highest BCUT2D eigenvalue weighted by atomic mass is 35.5. The van der Waals surface area contributed by atoms with Crippen LogP contribution in [0.15, 0.2) is 18.2 Å². The zero-order valence-corrected chi connectivity index (χ0v) is 11.7. The molecule has 2 rings (SSSR count). The fourth-order valence-electron chi connectivity index (χ4n) is 2.29. The number of carbonyl (C=O) groups excluding carboxylic acids is 1. The third kappa shape index (κ3) is 3.46.